The maximum atomic E-state index is 12.8. The quantitative estimate of drug-likeness (QED) is 0.853. The molecular weight excluding hydrogens is 356 g/mol. The fraction of sp³-hybridized carbons (Fsp3) is 0.500. The van der Waals surface area contributed by atoms with Crippen LogP contribution < -0.4 is 11.1 Å². The van der Waals surface area contributed by atoms with E-state index in [0.717, 1.165) is 12.1 Å². The number of alkyl halides is 3. The molecule has 0 aliphatic carbocycles. The van der Waals surface area contributed by atoms with Gasteiger partial charge in [-0.05, 0) is 37.0 Å². The van der Waals surface area contributed by atoms with Crippen LogP contribution in [-0.2, 0) is 15.7 Å². The fourth-order valence-corrected chi connectivity index (χ4v) is 2.56. The van der Waals surface area contributed by atoms with Crippen LogP contribution in [0.15, 0.2) is 18.2 Å². The highest BCUT2D eigenvalue weighted by Gasteiger charge is 2.34. The first-order chi connectivity index (χ1) is 10.3. The van der Waals surface area contributed by atoms with Crippen LogP contribution in [0.5, 0.6) is 0 Å². The second kappa shape index (κ2) is 8.19. The molecule has 23 heavy (non-hydrogen) atoms. The van der Waals surface area contributed by atoms with Crippen molar-refractivity contribution in [1.29, 1.82) is 0 Å². The Labute approximate surface area is 142 Å². The second-order valence-electron chi connectivity index (χ2n) is 5.16. The summed E-state index contributed by atoms with van der Waals surface area (Å²) in [6.45, 7) is 1.07. The lowest BCUT2D eigenvalue weighted by molar-refractivity contribution is -0.137. The van der Waals surface area contributed by atoms with Gasteiger partial charge in [-0.3, -0.25) is 4.79 Å². The third-order valence-electron chi connectivity index (χ3n) is 3.62. The summed E-state index contributed by atoms with van der Waals surface area (Å²) in [4.78, 5) is 12.1. The molecule has 1 amide bonds. The van der Waals surface area contributed by atoms with Gasteiger partial charge in [0, 0.05) is 18.9 Å². The van der Waals surface area contributed by atoms with Crippen molar-refractivity contribution in [1.82, 2.24) is 0 Å². The molecule has 0 bridgehead atoms. The van der Waals surface area contributed by atoms with Crippen molar-refractivity contribution in [3.63, 3.8) is 0 Å². The van der Waals surface area contributed by atoms with Gasteiger partial charge in [0.15, 0.2) is 0 Å². The number of nitrogens with two attached hydrogens (primary N) is 1. The molecule has 0 aromatic heterocycles. The summed E-state index contributed by atoms with van der Waals surface area (Å²) >= 11 is 5.53. The molecule has 1 aromatic rings. The minimum absolute atomic E-state index is 0. The van der Waals surface area contributed by atoms with Crippen molar-refractivity contribution in [3.8, 4) is 0 Å². The molecule has 0 spiro atoms. The third kappa shape index (κ3) is 5.24. The Morgan fingerprint density at radius 2 is 1.96 bits per heavy atom. The molecule has 0 radical (unpaired) electrons. The molecule has 1 aliphatic rings. The highest BCUT2D eigenvalue weighted by molar-refractivity contribution is 6.31. The van der Waals surface area contributed by atoms with Crippen LogP contribution >= 0.6 is 24.0 Å². The van der Waals surface area contributed by atoms with E-state index in [1.807, 2.05) is 0 Å². The zero-order chi connectivity index (χ0) is 16.3. The highest BCUT2D eigenvalue weighted by atomic mass is 35.5. The molecule has 9 heteroatoms. The first-order valence-corrected chi connectivity index (χ1v) is 7.18. The topological polar surface area (TPSA) is 64.4 Å². The maximum absolute atomic E-state index is 12.8. The molecule has 1 atom stereocenters. The number of halogens is 5. The lowest BCUT2D eigenvalue weighted by atomic mass is 9.92. The van der Waals surface area contributed by atoms with Gasteiger partial charge < -0.3 is 15.8 Å². The number of amides is 1. The average molecular weight is 373 g/mol. The van der Waals surface area contributed by atoms with E-state index in [4.69, 9.17) is 22.1 Å². The number of carbonyl (C=O) groups is 1. The van der Waals surface area contributed by atoms with Gasteiger partial charge in [-0.2, -0.15) is 13.2 Å². The van der Waals surface area contributed by atoms with E-state index in [0.29, 0.717) is 26.1 Å². The fourth-order valence-electron chi connectivity index (χ4n) is 2.33. The van der Waals surface area contributed by atoms with Crippen molar-refractivity contribution in [2.75, 3.05) is 18.5 Å². The van der Waals surface area contributed by atoms with Crippen molar-refractivity contribution in [2.24, 2.45) is 11.7 Å². The molecule has 4 nitrogen and oxygen atoms in total. The first-order valence-electron chi connectivity index (χ1n) is 6.80. The van der Waals surface area contributed by atoms with Crippen LogP contribution in [0.4, 0.5) is 18.9 Å². The van der Waals surface area contributed by atoms with Gasteiger partial charge in [0.05, 0.1) is 16.6 Å². The predicted octanol–water partition coefficient (Wildman–Crippen LogP) is 3.47. The lowest BCUT2D eigenvalue weighted by Gasteiger charge is -2.26. The minimum atomic E-state index is -4.58. The Balaban J connectivity index is 0.00000264. The van der Waals surface area contributed by atoms with Crippen LogP contribution in [0, 0.1) is 5.92 Å². The lowest BCUT2D eigenvalue weighted by Crippen LogP contribution is -2.44. The van der Waals surface area contributed by atoms with Crippen molar-refractivity contribution in [2.45, 2.75) is 25.1 Å². The van der Waals surface area contributed by atoms with E-state index in [1.165, 1.54) is 6.07 Å². The number of hydrogen-bond acceptors (Lipinski definition) is 3. The molecule has 1 aromatic carbocycles. The summed E-state index contributed by atoms with van der Waals surface area (Å²) in [6, 6.07) is 2.43. The maximum Gasteiger partial charge on any atom is 0.417 e. The van der Waals surface area contributed by atoms with E-state index in [-0.39, 0.29) is 24.0 Å². The number of anilines is 1. The van der Waals surface area contributed by atoms with Crippen LogP contribution in [0.25, 0.3) is 0 Å². The van der Waals surface area contributed by atoms with Gasteiger partial charge in [-0.25, -0.2) is 0 Å². The van der Waals surface area contributed by atoms with Crippen LogP contribution in [0.2, 0.25) is 5.02 Å². The number of rotatable bonds is 3. The van der Waals surface area contributed by atoms with Crippen LogP contribution in [0.1, 0.15) is 18.4 Å². The summed E-state index contributed by atoms with van der Waals surface area (Å²) < 4.78 is 43.5. The summed E-state index contributed by atoms with van der Waals surface area (Å²) in [5.41, 5.74) is 4.90. The van der Waals surface area contributed by atoms with Crippen molar-refractivity contribution >= 4 is 35.6 Å². The third-order valence-corrected chi connectivity index (χ3v) is 3.95. The van der Waals surface area contributed by atoms with Crippen molar-refractivity contribution in [3.05, 3.63) is 28.8 Å². The number of ether oxygens (including phenoxy) is 1. The highest BCUT2D eigenvalue weighted by Crippen LogP contribution is 2.36. The van der Waals surface area contributed by atoms with Gasteiger partial charge in [0.2, 0.25) is 5.91 Å². The second-order valence-corrected chi connectivity index (χ2v) is 5.56. The van der Waals surface area contributed by atoms with Gasteiger partial charge >= 0.3 is 6.18 Å². The number of nitrogens with one attached hydrogen (secondary N) is 1. The summed E-state index contributed by atoms with van der Waals surface area (Å²) in [6.07, 6.45) is -3.27. The molecule has 1 fully saturated rings. The zero-order valence-corrected chi connectivity index (χ0v) is 13.6. The summed E-state index contributed by atoms with van der Waals surface area (Å²) in [5, 5.41) is 2.00. The Bertz CT molecular complexity index is 549. The van der Waals surface area contributed by atoms with E-state index >= 15 is 0 Å². The first kappa shape index (κ1) is 20.0. The molecule has 2 rings (SSSR count). The SMILES string of the molecule is Cl.NC(C(=O)Nc1ccc(Cl)c(C(F)(F)F)c1)C1CCOCC1. The number of benzene rings is 1. The smallest absolute Gasteiger partial charge is 0.381 e. The standard InChI is InChI=1S/C14H16ClF3N2O2.ClH/c15-11-2-1-9(7-10(11)14(16,17)18)20-13(21)12(19)8-3-5-22-6-4-8;/h1-2,7-8,12H,3-6,19H2,(H,20,21);1H. The molecule has 1 unspecified atom stereocenters. The molecule has 0 saturated carbocycles. The number of hydrogen-bond donors (Lipinski definition) is 2. The van der Waals surface area contributed by atoms with Gasteiger partial charge in [0.25, 0.3) is 0 Å². The van der Waals surface area contributed by atoms with Crippen molar-refractivity contribution < 1.29 is 22.7 Å². The Kier molecular flexibility index (Phi) is 7.13. The molecule has 3 N–H and O–H groups in total. The van der Waals surface area contributed by atoms with Gasteiger partial charge in [0.1, 0.15) is 0 Å². The van der Waals surface area contributed by atoms with Crippen LogP contribution in [0.3, 0.4) is 0 Å². The van der Waals surface area contributed by atoms with E-state index in [1.54, 1.807) is 0 Å². The molecule has 130 valence electrons. The average Bonchev–Trinajstić information content (AvgIpc) is 2.48. The van der Waals surface area contributed by atoms with E-state index < -0.39 is 28.7 Å². The summed E-state index contributed by atoms with van der Waals surface area (Å²) in [5.74, 6) is -0.550. The molecular formula is C14H17Cl2F3N2O2. The van der Waals surface area contributed by atoms with Gasteiger partial charge in [-0.15, -0.1) is 12.4 Å². The Morgan fingerprint density at radius 1 is 1.35 bits per heavy atom. The zero-order valence-electron chi connectivity index (χ0n) is 12.0. The Hall–Kier alpha value is -1.02. The van der Waals surface area contributed by atoms with Gasteiger partial charge in [-0.1, -0.05) is 11.6 Å². The van der Waals surface area contributed by atoms with Crippen LogP contribution in [-0.4, -0.2) is 25.2 Å². The number of carbonyl (C=O) groups excluding carboxylic acids is 1. The van der Waals surface area contributed by atoms with E-state index in [9.17, 15) is 18.0 Å². The monoisotopic (exact) mass is 372 g/mol. The predicted molar refractivity (Wildman–Crippen MR) is 83.9 cm³/mol. The Morgan fingerprint density at radius 3 is 2.52 bits per heavy atom. The molecule has 1 aliphatic heterocycles. The minimum Gasteiger partial charge on any atom is -0.381 e. The largest absolute Gasteiger partial charge is 0.417 e. The molecule has 1 heterocycles. The van der Waals surface area contributed by atoms with E-state index in [2.05, 4.69) is 5.32 Å². The summed E-state index contributed by atoms with van der Waals surface area (Å²) in [7, 11) is 0. The normalized spacial score (nSPS) is 17.3. The molecule has 1 saturated heterocycles.